The zero-order valence-electron chi connectivity index (χ0n) is 8.19. The average molecular weight is 165 g/mol. The SMILES string of the molecule is CC#CCC=CCCNCCC. The smallest absolute Gasteiger partial charge is 0.0269 e. The first-order valence-corrected chi connectivity index (χ1v) is 4.67. The van der Waals surface area contributed by atoms with Gasteiger partial charge >= 0.3 is 0 Å². The summed E-state index contributed by atoms with van der Waals surface area (Å²) in [7, 11) is 0. The van der Waals surface area contributed by atoms with Crippen molar-refractivity contribution in [2.45, 2.75) is 33.1 Å². The van der Waals surface area contributed by atoms with Gasteiger partial charge in [-0.05, 0) is 32.9 Å². The van der Waals surface area contributed by atoms with Crippen molar-refractivity contribution in [3.05, 3.63) is 12.2 Å². The summed E-state index contributed by atoms with van der Waals surface area (Å²) in [5.41, 5.74) is 0. The highest BCUT2D eigenvalue weighted by atomic mass is 14.8. The fraction of sp³-hybridized carbons (Fsp3) is 0.636. The third kappa shape index (κ3) is 9.26. The fourth-order valence-corrected chi connectivity index (χ4v) is 0.849. The number of hydrogen-bond donors (Lipinski definition) is 1. The third-order valence-corrected chi connectivity index (χ3v) is 1.48. The van der Waals surface area contributed by atoms with E-state index < -0.39 is 0 Å². The highest BCUT2D eigenvalue weighted by Gasteiger charge is 1.80. The molecule has 1 heteroatoms. The molecule has 0 rings (SSSR count). The van der Waals surface area contributed by atoms with E-state index in [2.05, 4.69) is 36.2 Å². The molecule has 68 valence electrons. The molecule has 0 atom stereocenters. The van der Waals surface area contributed by atoms with Gasteiger partial charge in [0.05, 0.1) is 0 Å². The summed E-state index contributed by atoms with van der Waals surface area (Å²) in [6.07, 6.45) is 7.54. The minimum Gasteiger partial charge on any atom is -0.316 e. The van der Waals surface area contributed by atoms with Crippen LogP contribution in [0.25, 0.3) is 0 Å². The third-order valence-electron chi connectivity index (χ3n) is 1.48. The van der Waals surface area contributed by atoms with Gasteiger partial charge in [-0.1, -0.05) is 25.0 Å². The lowest BCUT2D eigenvalue weighted by molar-refractivity contribution is 0.678. The Balaban J connectivity index is 3.06. The Morgan fingerprint density at radius 2 is 2.08 bits per heavy atom. The van der Waals surface area contributed by atoms with Gasteiger partial charge in [0.15, 0.2) is 0 Å². The van der Waals surface area contributed by atoms with Crippen molar-refractivity contribution in [2.75, 3.05) is 13.1 Å². The molecule has 0 spiro atoms. The van der Waals surface area contributed by atoms with E-state index >= 15 is 0 Å². The maximum Gasteiger partial charge on any atom is 0.0269 e. The zero-order valence-corrected chi connectivity index (χ0v) is 8.19. The molecule has 0 aliphatic rings. The number of hydrogen-bond acceptors (Lipinski definition) is 1. The van der Waals surface area contributed by atoms with Gasteiger partial charge in [-0.25, -0.2) is 0 Å². The van der Waals surface area contributed by atoms with Crippen LogP contribution in [-0.4, -0.2) is 13.1 Å². The van der Waals surface area contributed by atoms with Crippen LogP contribution in [0.2, 0.25) is 0 Å². The van der Waals surface area contributed by atoms with Crippen LogP contribution >= 0.6 is 0 Å². The lowest BCUT2D eigenvalue weighted by atomic mass is 10.3. The Kier molecular flexibility index (Phi) is 9.63. The van der Waals surface area contributed by atoms with Crippen molar-refractivity contribution in [3.63, 3.8) is 0 Å². The van der Waals surface area contributed by atoms with Gasteiger partial charge in [-0.3, -0.25) is 0 Å². The summed E-state index contributed by atoms with van der Waals surface area (Å²) < 4.78 is 0. The Labute approximate surface area is 76.2 Å². The van der Waals surface area contributed by atoms with Gasteiger partial charge < -0.3 is 5.32 Å². The van der Waals surface area contributed by atoms with Gasteiger partial charge in [0.1, 0.15) is 0 Å². The lowest BCUT2D eigenvalue weighted by Crippen LogP contribution is -2.14. The van der Waals surface area contributed by atoms with E-state index in [4.69, 9.17) is 0 Å². The van der Waals surface area contributed by atoms with E-state index in [0.29, 0.717) is 0 Å². The summed E-state index contributed by atoms with van der Waals surface area (Å²) in [5.74, 6) is 5.86. The molecule has 0 radical (unpaired) electrons. The average Bonchev–Trinajstić information content (AvgIpc) is 2.10. The molecule has 0 fully saturated rings. The predicted molar refractivity (Wildman–Crippen MR) is 55.0 cm³/mol. The van der Waals surface area contributed by atoms with Crippen molar-refractivity contribution < 1.29 is 0 Å². The van der Waals surface area contributed by atoms with Crippen LogP contribution in [-0.2, 0) is 0 Å². The number of rotatable bonds is 6. The van der Waals surface area contributed by atoms with Gasteiger partial charge in [0.2, 0.25) is 0 Å². The number of allylic oxidation sites excluding steroid dienone is 1. The summed E-state index contributed by atoms with van der Waals surface area (Å²) >= 11 is 0. The molecule has 0 aromatic rings. The lowest BCUT2D eigenvalue weighted by Gasteiger charge is -1.97. The molecule has 0 amide bonds. The summed E-state index contributed by atoms with van der Waals surface area (Å²) in [6, 6.07) is 0. The summed E-state index contributed by atoms with van der Waals surface area (Å²) in [5, 5.41) is 3.34. The Hall–Kier alpha value is -0.740. The molecular weight excluding hydrogens is 146 g/mol. The molecule has 0 aliphatic carbocycles. The van der Waals surface area contributed by atoms with Crippen molar-refractivity contribution in [1.82, 2.24) is 5.32 Å². The van der Waals surface area contributed by atoms with Crippen LogP contribution < -0.4 is 5.32 Å². The highest BCUT2D eigenvalue weighted by Crippen LogP contribution is 1.84. The summed E-state index contributed by atoms with van der Waals surface area (Å²) in [4.78, 5) is 0. The molecular formula is C11H19N. The number of nitrogens with one attached hydrogen (secondary N) is 1. The molecule has 0 saturated carbocycles. The Morgan fingerprint density at radius 3 is 2.75 bits per heavy atom. The van der Waals surface area contributed by atoms with Crippen molar-refractivity contribution in [1.29, 1.82) is 0 Å². The molecule has 0 heterocycles. The molecule has 1 N–H and O–H groups in total. The topological polar surface area (TPSA) is 12.0 Å². The van der Waals surface area contributed by atoms with Crippen molar-refractivity contribution in [2.24, 2.45) is 0 Å². The van der Waals surface area contributed by atoms with Crippen LogP contribution in [0.15, 0.2) is 12.2 Å². The van der Waals surface area contributed by atoms with Crippen LogP contribution in [0.1, 0.15) is 33.1 Å². The normalized spacial score (nSPS) is 9.83. The maximum atomic E-state index is 3.34. The van der Waals surface area contributed by atoms with Gasteiger partial charge in [0.25, 0.3) is 0 Å². The molecule has 0 bridgehead atoms. The quantitative estimate of drug-likeness (QED) is 0.362. The highest BCUT2D eigenvalue weighted by molar-refractivity contribution is 5.02. The van der Waals surface area contributed by atoms with E-state index in [1.54, 1.807) is 0 Å². The zero-order chi connectivity index (χ0) is 9.07. The largest absolute Gasteiger partial charge is 0.316 e. The van der Waals surface area contributed by atoms with E-state index in [1.165, 1.54) is 6.42 Å². The molecule has 0 aromatic carbocycles. The van der Waals surface area contributed by atoms with Gasteiger partial charge in [0, 0.05) is 6.42 Å². The molecule has 12 heavy (non-hydrogen) atoms. The van der Waals surface area contributed by atoms with E-state index in [-0.39, 0.29) is 0 Å². The van der Waals surface area contributed by atoms with E-state index in [1.807, 2.05) is 6.92 Å². The molecule has 0 saturated heterocycles. The van der Waals surface area contributed by atoms with Crippen LogP contribution in [0.3, 0.4) is 0 Å². The second kappa shape index (κ2) is 10.3. The van der Waals surface area contributed by atoms with E-state index in [9.17, 15) is 0 Å². The monoisotopic (exact) mass is 165 g/mol. The minimum atomic E-state index is 0.893. The first kappa shape index (κ1) is 11.3. The molecule has 1 nitrogen and oxygen atoms in total. The molecule has 0 unspecified atom stereocenters. The standard InChI is InChI=1S/C11H19N/c1-3-5-6-7-8-9-11-12-10-4-2/h7-8,12H,4,6,9-11H2,1-2H3. The second-order valence-electron chi connectivity index (χ2n) is 2.64. The second-order valence-corrected chi connectivity index (χ2v) is 2.64. The maximum absolute atomic E-state index is 3.34. The van der Waals surface area contributed by atoms with Crippen molar-refractivity contribution in [3.8, 4) is 11.8 Å². The van der Waals surface area contributed by atoms with Crippen molar-refractivity contribution >= 4 is 0 Å². The van der Waals surface area contributed by atoms with Crippen LogP contribution in [0.4, 0.5) is 0 Å². The first-order valence-electron chi connectivity index (χ1n) is 4.67. The van der Waals surface area contributed by atoms with Gasteiger partial charge in [-0.15, -0.1) is 5.92 Å². The minimum absolute atomic E-state index is 0.893. The molecule has 0 aliphatic heterocycles. The summed E-state index contributed by atoms with van der Waals surface area (Å²) in [6.45, 7) is 6.27. The van der Waals surface area contributed by atoms with Crippen LogP contribution in [0.5, 0.6) is 0 Å². The fourth-order valence-electron chi connectivity index (χ4n) is 0.849. The predicted octanol–water partition coefficient (Wildman–Crippen LogP) is 2.35. The first-order chi connectivity index (χ1) is 5.91. The van der Waals surface area contributed by atoms with E-state index in [0.717, 1.165) is 25.9 Å². The Morgan fingerprint density at radius 1 is 1.25 bits per heavy atom. The van der Waals surface area contributed by atoms with Gasteiger partial charge in [-0.2, -0.15) is 0 Å². The molecule has 0 aromatic heterocycles. The van der Waals surface area contributed by atoms with Crippen LogP contribution in [0, 0.1) is 11.8 Å². The Bertz CT molecular complexity index is 160.